The van der Waals surface area contributed by atoms with Gasteiger partial charge in [0.05, 0.1) is 0 Å². The molecule has 72 valence electrons. The zero-order valence-electron chi connectivity index (χ0n) is 8.42. The third-order valence-electron chi connectivity index (χ3n) is 3.15. The summed E-state index contributed by atoms with van der Waals surface area (Å²) in [4.78, 5) is 0. The number of hydrogen-bond acceptors (Lipinski definition) is 1. The maximum absolute atomic E-state index is 3.41. The van der Waals surface area contributed by atoms with Gasteiger partial charge < -0.3 is 5.32 Å². The fourth-order valence-electron chi connectivity index (χ4n) is 2.20. The second-order valence-corrected chi connectivity index (χ2v) is 4.30. The summed E-state index contributed by atoms with van der Waals surface area (Å²) in [6.07, 6.45) is 11.0. The van der Waals surface area contributed by atoms with E-state index in [0.717, 1.165) is 11.8 Å². The van der Waals surface area contributed by atoms with E-state index >= 15 is 0 Å². The summed E-state index contributed by atoms with van der Waals surface area (Å²) in [6, 6.07) is 0. The fraction of sp³-hybridized carbons (Fsp3) is 0.667. The zero-order valence-corrected chi connectivity index (χ0v) is 8.42. The normalized spacial score (nSPS) is 30.2. The number of rotatable bonds is 1. The van der Waals surface area contributed by atoms with Crippen molar-refractivity contribution in [3.05, 3.63) is 23.8 Å². The Labute approximate surface area is 80.9 Å². The van der Waals surface area contributed by atoms with Crippen molar-refractivity contribution in [3.8, 4) is 0 Å². The van der Waals surface area contributed by atoms with E-state index < -0.39 is 0 Å². The van der Waals surface area contributed by atoms with Crippen molar-refractivity contribution in [1.82, 2.24) is 5.32 Å². The van der Waals surface area contributed by atoms with E-state index in [4.69, 9.17) is 0 Å². The van der Waals surface area contributed by atoms with Gasteiger partial charge in [-0.05, 0) is 49.8 Å². The van der Waals surface area contributed by atoms with Crippen LogP contribution in [-0.2, 0) is 0 Å². The molecule has 1 fully saturated rings. The highest BCUT2D eigenvalue weighted by Gasteiger charge is 2.17. The number of allylic oxidation sites excluding steroid dienone is 4. The highest BCUT2D eigenvalue weighted by molar-refractivity contribution is 5.26. The van der Waals surface area contributed by atoms with Crippen LogP contribution < -0.4 is 5.32 Å². The highest BCUT2D eigenvalue weighted by Crippen LogP contribution is 2.27. The lowest BCUT2D eigenvalue weighted by Gasteiger charge is -2.25. The molecule has 0 saturated carbocycles. The van der Waals surface area contributed by atoms with Gasteiger partial charge in [-0.3, -0.25) is 0 Å². The van der Waals surface area contributed by atoms with Gasteiger partial charge in [-0.25, -0.2) is 0 Å². The first kappa shape index (κ1) is 9.01. The van der Waals surface area contributed by atoms with E-state index in [1.807, 2.05) is 0 Å². The van der Waals surface area contributed by atoms with E-state index in [2.05, 4.69) is 30.5 Å². The van der Waals surface area contributed by atoms with Gasteiger partial charge in [-0.2, -0.15) is 0 Å². The molecule has 2 rings (SSSR count). The minimum atomic E-state index is 0.755. The summed E-state index contributed by atoms with van der Waals surface area (Å²) in [5, 5.41) is 3.41. The van der Waals surface area contributed by atoms with Gasteiger partial charge in [0.2, 0.25) is 0 Å². The van der Waals surface area contributed by atoms with Gasteiger partial charge in [-0.15, -0.1) is 0 Å². The van der Waals surface area contributed by atoms with Crippen molar-refractivity contribution in [2.24, 2.45) is 11.8 Å². The number of nitrogens with one attached hydrogen (secondary N) is 1. The summed E-state index contributed by atoms with van der Waals surface area (Å²) in [5.74, 6) is 1.59. The van der Waals surface area contributed by atoms with Gasteiger partial charge in [0, 0.05) is 0 Å². The quantitative estimate of drug-likeness (QED) is 0.649. The molecular weight excluding hydrogens is 158 g/mol. The smallest absolute Gasteiger partial charge is 0.00431 e. The number of hydrogen-bond donors (Lipinski definition) is 1. The summed E-state index contributed by atoms with van der Waals surface area (Å²) >= 11 is 0. The summed E-state index contributed by atoms with van der Waals surface area (Å²) < 4.78 is 0. The van der Waals surface area contributed by atoms with E-state index in [9.17, 15) is 0 Å². The molecule has 1 nitrogen and oxygen atoms in total. The van der Waals surface area contributed by atoms with Crippen LogP contribution in [0.25, 0.3) is 0 Å². The SMILES string of the molecule is C[C@@H]1C=CC(C2CCNCC2)=CC1. The van der Waals surface area contributed by atoms with Crippen LogP contribution in [0.2, 0.25) is 0 Å². The molecule has 1 atom stereocenters. The molecule has 1 heterocycles. The van der Waals surface area contributed by atoms with Crippen LogP contribution in [0.3, 0.4) is 0 Å². The molecule has 0 bridgehead atoms. The lowest BCUT2D eigenvalue weighted by molar-refractivity contribution is 0.422. The van der Waals surface area contributed by atoms with Crippen molar-refractivity contribution in [3.63, 3.8) is 0 Å². The van der Waals surface area contributed by atoms with E-state index in [0.29, 0.717) is 0 Å². The van der Waals surface area contributed by atoms with Crippen molar-refractivity contribution in [1.29, 1.82) is 0 Å². The average Bonchev–Trinajstić information content (AvgIpc) is 2.20. The van der Waals surface area contributed by atoms with E-state index in [-0.39, 0.29) is 0 Å². The molecule has 1 aliphatic carbocycles. The molecule has 2 aliphatic rings. The Morgan fingerprint density at radius 2 is 2.08 bits per heavy atom. The molecule has 0 spiro atoms. The van der Waals surface area contributed by atoms with Crippen LogP contribution in [0, 0.1) is 11.8 Å². The Morgan fingerprint density at radius 3 is 2.69 bits per heavy atom. The predicted molar refractivity (Wildman–Crippen MR) is 56.6 cm³/mol. The highest BCUT2D eigenvalue weighted by atomic mass is 14.9. The molecule has 1 saturated heterocycles. The van der Waals surface area contributed by atoms with Gasteiger partial charge >= 0.3 is 0 Å². The molecule has 0 aromatic rings. The molecule has 1 N–H and O–H groups in total. The molecular formula is C12H19N. The van der Waals surface area contributed by atoms with Crippen LogP contribution >= 0.6 is 0 Å². The predicted octanol–water partition coefficient (Wildman–Crippen LogP) is 2.51. The zero-order chi connectivity index (χ0) is 9.10. The van der Waals surface area contributed by atoms with Crippen LogP contribution in [0.4, 0.5) is 0 Å². The Bertz CT molecular complexity index is 221. The van der Waals surface area contributed by atoms with Crippen molar-refractivity contribution in [2.75, 3.05) is 13.1 Å². The van der Waals surface area contributed by atoms with Crippen LogP contribution in [0.15, 0.2) is 23.8 Å². The maximum Gasteiger partial charge on any atom is -0.00431 e. The largest absolute Gasteiger partial charge is 0.317 e. The second kappa shape index (κ2) is 4.10. The summed E-state index contributed by atoms with van der Waals surface area (Å²) in [7, 11) is 0. The Hall–Kier alpha value is -0.560. The Kier molecular flexibility index (Phi) is 2.84. The van der Waals surface area contributed by atoms with Crippen molar-refractivity contribution in [2.45, 2.75) is 26.2 Å². The van der Waals surface area contributed by atoms with Crippen LogP contribution in [0.5, 0.6) is 0 Å². The molecule has 13 heavy (non-hydrogen) atoms. The maximum atomic E-state index is 3.41. The lowest BCUT2D eigenvalue weighted by Crippen LogP contribution is -2.28. The topological polar surface area (TPSA) is 12.0 Å². The van der Waals surface area contributed by atoms with Crippen molar-refractivity contribution < 1.29 is 0 Å². The fourth-order valence-corrected chi connectivity index (χ4v) is 2.20. The lowest BCUT2D eigenvalue weighted by atomic mass is 9.85. The van der Waals surface area contributed by atoms with Gasteiger partial charge in [0.25, 0.3) is 0 Å². The average molecular weight is 177 g/mol. The van der Waals surface area contributed by atoms with E-state index in [1.54, 1.807) is 5.57 Å². The minimum absolute atomic E-state index is 0.755. The van der Waals surface area contributed by atoms with Crippen LogP contribution in [0.1, 0.15) is 26.2 Å². The number of piperidine rings is 1. The molecule has 1 aliphatic heterocycles. The third-order valence-corrected chi connectivity index (χ3v) is 3.15. The molecule has 1 heteroatoms. The molecule has 0 aromatic heterocycles. The second-order valence-electron chi connectivity index (χ2n) is 4.30. The van der Waals surface area contributed by atoms with Gasteiger partial charge in [0.15, 0.2) is 0 Å². The first-order valence-corrected chi connectivity index (χ1v) is 5.45. The van der Waals surface area contributed by atoms with Gasteiger partial charge in [0.1, 0.15) is 0 Å². The standard InChI is InChI=1S/C12H19N/c1-10-2-4-11(5-3-10)12-6-8-13-9-7-12/h2,4-5,10,12-13H,3,6-9H2,1H3/t10-/m1/s1. The first-order valence-electron chi connectivity index (χ1n) is 5.45. The molecule has 0 amide bonds. The van der Waals surface area contributed by atoms with Crippen LogP contribution in [-0.4, -0.2) is 13.1 Å². The Balaban J connectivity index is 1.96. The third kappa shape index (κ3) is 2.22. The summed E-state index contributed by atoms with van der Waals surface area (Å²) in [6.45, 7) is 4.68. The molecule has 0 unspecified atom stereocenters. The van der Waals surface area contributed by atoms with E-state index in [1.165, 1.54) is 32.4 Å². The molecule has 0 radical (unpaired) electrons. The monoisotopic (exact) mass is 177 g/mol. The first-order chi connectivity index (χ1) is 6.36. The summed E-state index contributed by atoms with van der Waals surface area (Å²) in [5.41, 5.74) is 1.60. The van der Waals surface area contributed by atoms with Gasteiger partial charge in [-0.1, -0.05) is 25.2 Å². The molecule has 0 aromatic carbocycles. The minimum Gasteiger partial charge on any atom is -0.317 e. The Morgan fingerprint density at radius 1 is 1.31 bits per heavy atom. The van der Waals surface area contributed by atoms with Crippen molar-refractivity contribution >= 4 is 0 Å².